The summed E-state index contributed by atoms with van der Waals surface area (Å²) >= 11 is 6.92. The van der Waals surface area contributed by atoms with Crippen LogP contribution >= 0.6 is 31.9 Å². The number of hydrogen-bond donors (Lipinski definition) is 1. The lowest BCUT2D eigenvalue weighted by Gasteiger charge is -2.15. The topological polar surface area (TPSA) is 29.5 Å². The maximum atomic E-state index is 10.2. The van der Waals surface area contributed by atoms with Gasteiger partial charge >= 0.3 is 0 Å². The molecule has 1 heterocycles. The minimum atomic E-state index is -0.404. The molecule has 1 aromatic carbocycles. The van der Waals surface area contributed by atoms with Crippen molar-refractivity contribution in [2.24, 2.45) is 0 Å². The Morgan fingerprint density at radius 1 is 1.39 bits per heavy atom. The molecule has 2 unspecified atom stereocenters. The number of ether oxygens (including phenoxy) is 1. The van der Waals surface area contributed by atoms with Gasteiger partial charge in [-0.05, 0) is 55.9 Å². The first-order chi connectivity index (χ1) is 8.66. The van der Waals surface area contributed by atoms with Crippen molar-refractivity contribution in [2.75, 3.05) is 6.61 Å². The summed E-state index contributed by atoms with van der Waals surface area (Å²) in [6, 6.07) is 5.90. The van der Waals surface area contributed by atoms with Crippen molar-refractivity contribution >= 4 is 31.9 Å². The van der Waals surface area contributed by atoms with Gasteiger partial charge < -0.3 is 9.84 Å². The third-order valence-corrected chi connectivity index (χ3v) is 4.56. The molecule has 0 saturated carbocycles. The zero-order chi connectivity index (χ0) is 13.0. The summed E-state index contributed by atoms with van der Waals surface area (Å²) in [4.78, 5) is 0. The third-order valence-electron chi connectivity index (χ3n) is 3.34. The summed E-state index contributed by atoms with van der Waals surface area (Å²) in [5.41, 5.74) is 0.955. The first kappa shape index (κ1) is 14.5. The molecule has 0 spiro atoms. The standard InChI is InChI=1S/C14H18Br2O2/c15-10-6-7-13(16)12(9-10)14(17)5-1-3-11-4-2-8-18-11/h6-7,9,11,14,17H,1-5,8H2. The fraction of sp³-hybridized carbons (Fsp3) is 0.571. The van der Waals surface area contributed by atoms with Crippen molar-refractivity contribution in [3.05, 3.63) is 32.7 Å². The highest BCUT2D eigenvalue weighted by atomic mass is 79.9. The number of rotatable bonds is 5. The smallest absolute Gasteiger partial charge is 0.0801 e. The molecule has 2 rings (SSSR count). The number of halogens is 2. The third kappa shape index (κ3) is 4.05. The quantitative estimate of drug-likeness (QED) is 0.812. The number of hydrogen-bond acceptors (Lipinski definition) is 2. The van der Waals surface area contributed by atoms with Crippen LogP contribution in [0.2, 0.25) is 0 Å². The average molecular weight is 378 g/mol. The summed E-state index contributed by atoms with van der Waals surface area (Å²) in [5, 5.41) is 10.2. The van der Waals surface area contributed by atoms with E-state index in [2.05, 4.69) is 31.9 Å². The van der Waals surface area contributed by atoms with Gasteiger partial charge in [-0.25, -0.2) is 0 Å². The first-order valence-corrected chi connectivity index (χ1v) is 8.00. The molecule has 18 heavy (non-hydrogen) atoms. The minimum absolute atomic E-state index is 0.404. The van der Waals surface area contributed by atoms with Gasteiger partial charge in [-0.15, -0.1) is 0 Å². The first-order valence-electron chi connectivity index (χ1n) is 6.41. The van der Waals surface area contributed by atoms with Crippen LogP contribution in [0.15, 0.2) is 27.1 Å². The second-order valence-electron chi connectivity index (χ2n) is 4.75. The van der Waals surface area contributed by atoms with Gasteiger partial charge in [-0.3, -0.25) is 0 Å². The molecule has 2 atom stereocenters. The maximum absolute atomic E-state index is 10.2. The Balaban J connectivity index is 1.83. The van der Waals surface area contributed by atoms with Gasteiger partial charge in [0, 0.05) is 15.6 Å². The second-order valence-corrected chi connectivity index (χ2v) is 6.52. The average Bonchev–Trinajstić information content (AvgIpc) is 2.85. The van der Waals surface area contributed by atoms with Crippen LogP contribution in [0.25, 0.3) is 0 Å². The summed E-state index contributed by atoms with van der Waals surface area (Å²) in [6.07, 6.45) is 5.23. The maximum Gasteiger partial charge on any atom is 0.0801 e. The van der Waals surface area contributed by atoms with E-state index in [1.165, 1.54) is 12.8 Å². The summed E-state index contributed by atoms with van der Waals surface area (Å²) < 4.78 is 7.55. The molecule has 1 N–H and O–H groups in total. The summed E-state index contributed by atoms with van der Waals surface area (Å²) in [6.45, 7) is 0.907. The van der Waals surface area contributed by atoms with Crippen molar-refractivity contribution in [3.8, 4) is 0 Å². The molecule has 1 saturated heterocycles. The molecule has 100 valence electrons. The van der Waals surface area contributed by atoms with Gasteiger partial charge in [0.15, 0.2) is 0 Å². The Morgan fingerprint density at radius 3 is 2.94 bits per heavy atom. The van der Waals surface area contributed by atoms with Crippen molar-refractivity contribution < 1.29 is 9.84 Å². The van der Waals surface area contributed by atoms with Crippen LogP contribution in [0.5, 0.6) is 0 Å². The van der Waals surface area contributed by atoms with Gasteiger partial charge in [0.25, 0.3) is 0 Å². The second kappa shape index (κ2) is 7.04. The van der Waals surface area contributed by atoms with Gasteiger partial charge in [0.2, 0.25) is 0 Å². The molecule has 1 fully saturated rings. The number of aliphatic hydroxyl groups is 1. The minimum Gasteiger partial charge on any atom is -0.388 e. The molecular formula is C14H18Br2O2. The van der Waals surface area contributed by atoms with E-state index in [4.69, 9.17) is 4.74 Å². The molecule has 1 aliphatic rings. The lowest BCUT2D eigenvalue weighted by molar-refractivity contribution is 0.0944. The molecule has 0 aliphatic carbocycles. The summed E-state index contributed by atoms with van der Waals surface area (Å²) in [5.74, 6) is 0. The van der Waals surface area contributed by atoms with Gasteiger partial charge in [0.1, 0.15) is 0 Å². The Hall–Kier alpha value is 0.1000. The zero-order valence-corrected chi connectivity index (χ0v) is 13.4. The number of benzene rings is 1. The van der Waals surface area contributed by atoms with Crippen LogP contribution in [0, 0.1) is 0 Å². The molecule has 1 aromatic rings. The zero-order valence-electron chi connectivity index (χ0n) is 10.2. The molecule has 0 amide bonds. The highest BCUT2D eigenvalue weighted by Crippen LogP contribution is 2.30. The van der Waals surface area contributed by atoms with Crippen LogP contribution in [-0.4, -0.2) is 17.8 Å². The Bertz CT molecular complexity index is 389. The fourth-order valence-corrected chi connectivity index (χ4v) is 3.23. The van der Waals surface area contributed by atoms with E-state index >= 15 is 0 Å². The van der Waals surface area contributed by atoms with E-state index in [9.17, 15) is 5.11 Å². The van der Waals surface area contributed by atoms with E-state index in [0.29, 0.717) is 6.10 Å². The van der Waals surface area contributed by atoms with Crippen molar-refractivity contribution in [1.29, 1.82) is 0 Å². The van der Waals surface area contributed by atoms with E-state index in [-0.39, 0.29) is 0 Å². The van der Waals surface area contributed by atoms with E-state index < -0.39 is 6.10 Å². The molecule has 4 heteroatoms. The van der Waals surface area contributed by atoms with Crippen LogP contribution in [-0.2, 0) is 4.74 Å². The molecule has 0 bridgehead atoms. The van der Waals surface area contributed by atoms with Crippen LogP contribution in [0.4, 0.5) is 0 Å². The molecule has 0 aromatic heterocycles. The predicted molar refractivity (Wildman–Crippen MR) is 79.6 cm³/mol. The molecular weight excluding hydrogens is 360 g/mol. The van der Waals surface area contributed by atoms with Crippen molar-refractivity contribution in [3.63, 3.8) is 0 Å². The molecule has 0 radical (unpaired) electrons. The predicted octanol–water partition coefficient (Wildman–Crippen LogP) is 4.59. The number of aliphatic hydroxyl groups excluding tert-OH is 1. The van der Waals surface area contributed by atoms with Crippen molar-refractivity contribution in [1.82, 2.24) is 0 Å². The lowest BCUT2D eigenvalue weighted by Crippen LogP contribution is -2.06. The fourth-order valence-electron chi connectivity index (χ4n) is 2.34. The largest absolute Gasteiger partial charge is 0.388 e. The van der Waals surface area contributed by atoms with E-state index in [1.54, 1.807) is 0 Å². The van der Waals surface area contributed by atoms with E-state index in [0.717, 1.165) is 40.4 Å². The Labute approximate surface area is 125 Å². The highest BCUT2D eigenvalue weighted by molar-refractivity contribution is 9.11. The Kier molecular flexibility index (Phi) is 5.67. The van der Waals surface area contributed by atoms with Gasteiger partial charge in [-0.2, -0.15) is 0 Å². The monoisotopic (exact) mass is 376 g/mol. The van der Waals surface area contributed by atoms with Crippen LogP contribution in [0.1, 0.15) is 43.8 Å². The van der Waals surface area contributed by atoms with Crippen LogP contribution < -0.4 is 0 Å². The van der Waals surface area contributed by atoms with Crippen LogP contribution in [0.3, 0.4) is 0 Å². The van der Waals surface area contributed by atoms with E-state index in [1.807, 2.05) is 18.2 Å². The molecule has 2 nitrogen and oxygen atoms in total. The van der Waals surface area contributed by atoms with Gasteiger partial charge in [0.05, 0.1) is 12.2 Å². The Morgan fingerprint density at radius 2 is 2.22 bits per heavy atom. The highest BCUT2D eigenvalue weighted by Gasteiger charge is 2.17. The normalized spacial score (nSPS) is 21.2. The van der Waals surface area contributed by atoms with Crippen molar-refractivity contribution in [2.45, 2.75) is 44.3 Å². The van der Waals surface area contributed by atoms with Gasteiger partial charge in [-0.1, -0.05) is 31.9 Å². The SMILES string of the molecule is OC(CCCC1CCCO1)c1cc(Br)ccc1Br. The lowest BCUT2D eigenvalue weighted by atomic mass is 10.0. The summed E-state index contributed by atoms with van der Waals surface area (Å²) in [7, 11) is 0. The molecule has 1 aliphatic heterocycles.